The van der Waals surface area contributed by atoms with Crippen molar-refractivity contribution >= 4 is 11.6 Å². The van der Waals surface area contributed by atoms with Crippen molar-refractivity contribution in [2.24, 2.45) is 17.8 Å². The molecule has 2 saturated carbocycles. The number of likely N-dealkylation sites (N-methyl/N-ethyl adjacent to an activating group) is 1. The van der Waals surface area contributed by atoms with Gasteiger partial charge in [0, 0.05) is 18.8 Å². The summed E-state index contributed by atoms with van der Waals surface area (Å²) in [5.41, 5.74) is 3.66. The quantitative estimate of drug-likeness (QED) is 0.925. The molecule has 1 N–H and O–H groups in total. The minimum absolute atomic E-state index is 0.211. The molecule has 1 heterocycles. The third-order valence-corrected chi connectivity index (χ3v) is 6.07. The molecule has 2 aliphatic carbocycles. The minimum atomic E-state index is 0.211. The molecule has 1 aliphatic heterocycles. The van der Waals surface area contributed by atoms with E-state index in [0.717, 1.165) is 23.4 Å². The Balaban J connectivity index is 1.63. The SMILES string of the molecule is CNC(c1ccc2c(c1)CC(=O)N2C)C1CC2CCC1C2. The number of anilines is 1. The molecule has 1 amide bonds. The number of amides is 1. The standard InChI is InChI=1S/C18H24N2O/c1-19-18(15-8-11-3-4-12(15)7-11)13-5-6-16-14(9-13)10-17(21)20(16)2/h5-6,9,11-12,15,18-19H,3-4,7-8,10H2,1-2H3. The Hall–Kier alpha value is -1.35. The number of benzene rings is 1. The first-order valence-corrected chi connectivity index (χ1v) is 8.24. The summed E-state index contributed by atoms with van der Waals surface area (Å²) in [7, 11) is 3.96. The molecule has 3 heteroatoms. The van der Waals surface area contributed by atoms with Gasteiger partial charge in [-0.05, 0) is 61.3 Å². The van der Waals surface area contributed by atoms with Gasteiger partial charge in [0.25, 0.3) is 0 Å². The van der Waals surface area contributed by atoms with Gasteiger partial charge in [-0.15, -0.1) is 0 Å². The highest BCUT2D eigenvalue weighted by Gasteiger charge is 2.43. The predicted molar refractivity (Wildman–Crippen MR) is 84.3 cm³/mol. The molecule has 1 aromatic carbocycles. The molecule has 0 aromatic heterocycles. The predicted octanol–water partition coefficient (Wildman–Crippen LogP) is 2.90. The summed E-state index contributed by atoms with van der Waals surface area (Å²) in [6.45, 7) is 0. The van der Waals surface area contributed by atoms with Gasteiger partial charge in [-0.25, -0.2) is 0 Å². The van der Waals surface area contributed by atoms with Crippen LogP contribution in [0, 0.1) is 17.8 Å². The van der Waals surface area contributed by atoms with E-state index in [9.17, 15) is 4.79 Å². The highest BCUT2D eigenvalue weighted by molar-refractivity contribution is 6.00. The van der Waals surface area contributed by atoms with Crippen LogP contribution in [0.3, 0.4) is 0 Å². The van der Waals surface area contributed by atoms with Crippen molar-refractivity contribution in [2.75, 3.05) is 19.0 Å². The van der Waals surface area contributed by atoms with E-state index in [2.05, 4.69) is 30.6 Å². The molecular formula is C18H24N2O. The van der Waals surface area contributed by atoms with Crippen molar-refractivity contribution in [1.29, 1.82) is 0 Å². The Morgan fingerprint density at radius 1 is 1.29 bits per heavy atom. The molecule has 0 radical (unpaired) electrons. The molecule has 2 bridgehead atoms. The first-order chi connectivity index (χ1) is 10.2. The fraction of sp³-hybridized carbons (Fsp3) is 0.611. The van der Waals surface area contributed by atoms with E-state index < -0.39 is 0 Å². The van der Waals surface area contributed by atoms with Crippen LogP contribution in [-0.2, 0) is 11.2 Å². The van der Waals surface area contributed by atoms with E-state index in [1.165, 1.54) is 36.8 Å². The van der Waals surface area contributed by atoms with Gasteiger partial charge in [0.2, 0.25) is 5.91 Å². The second-order valence-electron chi connectivity index (χ2n) is 7.12. The number of nitrogens with zero attached hydrogens (tertiary/aromatic N) is 1. The van der Waals surface area contributed by atoms with Crippen LogP contribution in [0.25, 0.3) is 0 Å². The summed E-state index contributed by atoms with van der Waals surface area (Å²) in [6.07, 6.45) is 6.24. The number of hydrogen-bond donors (Lipinski definition) is 1. The molecule has 0 spiro atoms. The van der Waals surface area contributed by atoms with Crippen molar-refractivity contribution in [1.82, 2.24) is 5.32 Å². The Kier molecular flexibility index (Phi) is 3.07. The van der Waals surface area contributed by atoms with Crippen molar-refractivity contribution in [3.63, 3.8) is 0 Å². The Labute approximate surface area is 126 Å². The molecule has 4 unspecified atom stereocenters. The number of rotatable bonds is 3. The largest absolute Gasteiger partial charge is 0.315 e. The maximum atomic E-state index is 11.9. The van der Waals surface area contributed by atoms with Crippen LogP contribution >= 0.6 is 0 Å². The zero-order valence-electron chi connectivity index (χ0n) is 12.9. The maximum absolute atomic E-state index is 11.9. The van der Waals surface area contributed by atoms with E-state index >= 15 is 0 Å². The topological polar surface area (TPSA) is 32.3 Å². The van der Waals surface area contributed by atoms with Crippen LogP contribution < -0.4 is 10.2 Å². The Morgan fingerprint density at radius 3 is 2.81 bits per heavy atom. The summed E-state index contributed by atoms with van der Waals surface area (Å²) in [5.74, 6) is 2.87. The lowest BCUT2D eigenvalue weighted by Crippen LogP contribution is -2.29. The fourth-order valence-corrected chi connectivity index (χ4v) is 5.01. The summed E-state index contributed by atoms with van der Waals surface area (Å²) < 4.78 is 0. The summed E-state index contributed by atoms with van der Waals surface area (Å²) in [5, 5.41) is 3.56. The summed E-state index contributed by atoms with van der Waals surface area (Å²) in [4.78, 5) is 13.6. The molecule has 21 heavy (non-hydrogen) atoms. The summed E-state index contributed by atoms with van der Waals surface area (Å²) in [6, 6.07) is 7.07. The van der Waals surface area contributed by atoms with Crippen LogP contribution in [-0.4, -0.2) is 20.0 Å². The highest BCUT2D eigenvalue weighted by atomic mass is 16.2. The van der Waals surface area contributed by atoms with Crippen LogP contribution in [0.5, 0.6) is 0 Å². The van der Waals surface area contributed by atoms with Crippen LogP contribution in [0.4, 0.5) is 5.69 Å². The fourth-order valence-electron chi connectivity index (χ4n) is 5.01. The monoisotopic (exact) mass is 284 g/mol. The average Bonchev–Trinajstić information content (AvgIpc) is 3.16. The molecule has 3 aliphatic rings. The number of carbonyl (C=O) groups is 1. The Morgan fingerprint density at radius 2 is 2.14 bits per heavy atom. The Bertz CT molecular complexity index is 583. The third kappa shape index (κ3) is 2.02. The molecule has 4 rings (SSSR count). The summed E-state index contributed by atoms with van der Waals surface area (Å²) >= 11 is 0. The lowest BCUT2D eigenvalue weighted by Gasteiger charge is -2.31. The van der Waals surface area contributed by atoms with E-state index in [0.29, 0.717) is 12.5 Å². The second kappa shape index (κ2) is 4.84. The van der Waals surface area contributed by atoms with E-state index in [1.807, 2.05) is 7.05 Å². The van der Waals surface area contributed by atoms with Crippen molar-refractivity contribution in [3.05, 3.63) is 29.3 Å². The lowest BCUT2D eigenvalue weighted by molar-refractivity contribution is -0.117. The lowest BCUT2D eigenvalue weighted by atomic mass is 9.80. The van der Waals surface area contributed by atoms with Gasteiger partial charge >= 0.3 is 0 Å². The molecule has 1 aromatic rings. The van der Waals surface area contributed by atoms with Gasteiger partial charge in [0.15, 0.2) is 0 Å². The van der Waals surface area contributed by atoms with Crippen LogP contribution in [0.2, 0.25) is 0 Å². The number of hydrogen-bond acceptors (Lipinski definition) is 2. The zero-order chi connectivity index (χ0) is 14.6. The maximum Gasteiger partial charge on any atom is 0.231 e. The van der Waals surface area contributed by atoms with E-state index in [1.54, 1.807) is 4.90 Å². The van der Waals surface area contributed by atoms with E-state index in [-0.39, 0.29) is 5.91 Å². The van der Waals surface area contributed by atoms with Gasteiger partial charge in [-0.3, -0.25) is 4.79 Å². The third-order valence-electron chi connectivity index (χ3n) is 6.07. The van der Waals surface area contributed by atoms with E-state index in [4.69, 9.17) is 0 Å². The van der Waals surface area contributed by atoms with Gasteiger partial charge in [0.1, 0.15) is 0 Å². The molecule has 3 nitrogen and oxygen atoms in total. The first-order valence-electron chi connectivity index (χ1n) is 8.24. The minimum Gasteiger partial charge on any atom is -0.315 e. The number of nitrogens with one attached hydrogen (secondary N) is 1. The van der Waals surface area contributed by atoms with Crippen LogP contribution in [0.15, 0.2) is 18.2 Å². The first kappa shape index (κ1) is 13.3. The van der Waals surface area contributed by atoms with Gasteiger partial charge in [0.05, 0.1) is 6.42 Å². The van der Waals surface area contributed by atoms with Crippen LogP contribution in [0.1, 0.15) is 42.9 Å². The normalized spacial score (nSPS) is 31.8. The number of fused-ring (bicyclic) bond motifs is 3. The van der Waals surface area contributed by atoms with Gasteiger partial charge in [-0.1, -0.05) is 18.6 Å². The molecule has 112 valence electrons. The van der Waals surface area contributed by atoms with Crippen molar-refractivity contribution in [3.8, 4) is 0 Å². The molecule has 4 atom stereocenters. The average molecular weight is 284 g/mol. The number of carbonyl (C=O) groups excluding carboxylic acids is 1. The second-order valence-corrected chi connectivity index (χ2v) is 7.12. The molecule has 2 fully saturated rings. The van der Waals surface area contributed by atoms with Gasteiger partial charge in [-0.2, -0.15) is 0 Å². The smallest absolute Gasteiger partial charge is 0.231 e. The molecule has 0 saturated heterocycles. The van der Waals surface area contributed by atoms with Crippen molar-refractivity contribution < 1.29 is 4.79 Å². The zero-order valence-corrected chi connectivity index (χ0v) is 12.9. The van der Waals surface area contributed by atoms with Crippen molar-refractivity contribution in [2.45, 2.75) is 38.1 Å². The molecular weight excluding hydrogens is 260 g/mol. The van der Waals surface area contributed by atoms with Gasteiger partial charge < -0.3 is 10.2 Å². The highest BCUT2D eigenvalue weighted by Crippen LogP contribution is 2.52.